The molecule has 0 radical (unpaired) electrons. The van der Waals surface area contributed by atoms with Crippen LogP contribution in [0.5, 0.6) is 5.88 Å². The zero-order chi connectivity index (χ0) is 15.8. The van der Waals surface area contributed by atoms with Crippen molar-refractivity contribution in [1.29, 1.82) is 0 Å². The van der Waals surface area contributed by atoms with Gasteiger partial charge >= 0.3 is 0 Å². The van der Waals surface area contributed by atoms with Crippen LogP contribution in [0.25, 0.3) is 22.3 Å². The Kier molecular flexibility index (Phi) is 4.26. The quantitative estimate of drug-likeness (QED) is 0.310. The second-order valence-electron chi connectivity index (χ2n) is 5.22. The fraction of sp³-hybridized carbons (Fsp3) is 0.125. The maximum atomic E-state index is 5.98. The molecule has 23 heavy (non-hydrogen) atoms. The van der Waals surface area contributed by atoms with Crippen molar-refractivity contribution in [3.63, 3.8) is 0 Å². The third-order valence-electron chi connectivity index (χ3n) is 3.83. The summed E-state index contributed by atoms with van der Waals surface area (Å²) in [4.78, 5) is 4.30. The van der Waals surface area contributed by atoms with Crippen molar-refractivity contribution < 1.29 is 4.74 Å². The molecule has 1 aromatic carbocycles. The Morgan fingerprint density at radius 3 is 2.87 bits per heavy atom. The minimum Gasteiger partial charge on any atom is -0.477 e. The molecule has 2 aromatic heterocycles. The van der Waals surface area contributed by atoms with E-state index in [0.717, 1.165) is 23.1 Å². The highest BCUT2D eigenvalue weighted by Crippen LogP contribution is 2.37. The lowest BCUT2D eigenvalue weighted by Crippen LogP contribution is -1.99. The number of benzene rings is 1. The van der Waals surface area contributed by atoms with Crippen LogP contribution in [-0.4, -0.2) is 21.1 Å². The average molecular weight is 456 g/mol. The highest BCUT2D eigenvalue weighted by molar-refractivity contribution is 14.2. The number of nitrogens with zero attached hydrogens (tertiary/aromatic N) is 3. The van der Waals surface area contributed by atoms with Gasteiger partial charge in [-0.2, -0.15) is 5.10 Å². The Morgan fingerprint density at radius 2 is 2.04 bits per heavy atom. The normalized spacial score (nSPS) is 13.5. The molecule has 0 spiro atoms. The van der Waals surface area contributed by atoms with E-state index >= 15 is 0 Å². The lowest BCUT2D eigenvalue weighted by Gasteiger charge is -2.09. The summed E-state index contributed by atoms with van der Waals surface area (Å²) in [5.41, 5.74) is 5.73. The molecule has 0 bridgehead atoms. The summed E-state index contributed by atoms with van der Waals surface area (Å²) in [5, 5.41) is 4.81. The molecule has 0 saturated heterocycles. The van der Waals surface area contributed by atoms with Crippen LogP contribution in [-0.2, 0) is 6.42 Å². The van der Waals surface area contributed by atoms with Crippen molar-refractivity contribution in [2.45, 2.75) is 6.42 Å². The van der Waals surface area contributed by atoms with Crippen LogP contribution in [0.3, 0.4) is 0 Å². The first kappa shape index (κ1) is 15.4. The van der Waals surface area contributed by atoms with Crippen LogP contribution < -0.4 is 4.74 Å². The van der Waals surface area contributed by atoms with E-state index in [-0.39, 0.29) is 0 Å². The van der Waals surface area contributed by atoms with Crippen LogP contribution in [0, 0.1) is 0 Å². The molecule has 0 saturated carbocycles. The molecule has 4 rings (SSSR count). The number of fused-ring (bicyclic) bond motifs is 3. The third kappa shape index (κ3) is 2.97. The Balaban J connectivity index is 1.80. The molecule has 0 fully saturated rings. The van der Waals surface area contributed by atoms with E-state index in [1.54, 1.807) is 6.07 Å². The van der Waals surface area contributed by atoms with Crippen LogP contribution in [0.2, 0.25) is 5.15 Å². The van der Waals surface area contributed by atoms with Crippen molar-refractivity contribution >= 4 is 40.0 Å². The first-order valence-electron chi connectivity index (χ1n) is 7.09. The molecule has 0 N–H and O–H groups in total. The third-order valence-corrected chi connectivity index (χ3v) is 5.95. The predicted octanol–water partition coefficient (Wildman–Crippen LogP) is 4.99. The summed E-state index contributed by atoms with van der Waals surface area (Å²) in [6.45, 7) is 0.602. The van der Waals surface area contributed by atoms with E-state index in [0.29, 0.717) is 24.0 Å². The number of hydrogen-bond donors (Lipinski definition) is 0. The van der Waals surface area contributed by atoms with Crippen LogP contribution in [0.4, 0.5) is 0 Å². The van der Waals surface area contributed by atoms with Gasteiger partial charge in [-0.3, -0.25) is 0 Å². The number of rotatable bonds is 2. The van der Waals surface area contributed by atoms with Gasteiger partial charge in [-0.15, -0.1) is 0 Å². The fourth-order valence-electron chi connectivity index (χ4n) is 2.75. The second kappa shape index (κ2) is 6.38. The molecule has 1 unspecified atom stereocenters. The molecule has 1 atom stereocenters. The minimum absolute atomic E-state index is 0.455. The minimum atomic E-state index is 0.455. The lowest BCUT2D eigenvalue weighted by atomic mass is 9.95. The number of aromatic nitrogens is 3. The SMILES string of the molecule is Clc1ccc2c(n1)OCCc1cc(-c3cnn(PI)c3)ccc1-2. The Morgan fingerprint density at radius 1 is 1.17 bits per heavy atom. The van der Waals surface area contributed by atoms with Crippen LogP contribution in [0.1, 0.15) is 5.56 Å². The maximum absolute atomic E-state index is 5.98. The van der Waals surface area contributed by atoms with Crippen molar-refractivity contribution in [3.8, 4) is 28.1 Å². The Labute approximate surface area is 153 Å². The van der Waals surface area contributed by atoms with Gasteiger partial charge in [0.15, 0.2) is 0 Å². The molecule has 0 amide bonds. The van der Waals surface area contributed by atoms with E-state index in [9.17, 15) is 0 Å². The summed E-state index contributed by atoms with van der Waals surface area (Å²) < 4.78 is 7.72. The highest BCUT2D eigenvalue weighted by atomic mass is 127. The Hall–Kier alpha value is -1.17. The number of pyridine rings is 1. The second-order valence-corrected chi connectivity index (χ2v) is 7.68. The maximum Gasteiger partial charge on any atom is 0.222 e. The highest BCUT2D eigenvalue weighted by Gasteiger charge is 2.17. The van der Waals surface area contributed by atoms with E-state index in [2.05, 4.69) is 56.5 Å². The molecule has 0 aliphatic carbocycles. The van der Waals surface area contributed by atoms with Gasteiger partial charge < -0.3 is 4.74 Å². The van der Waals surface area contributed by atoms with Crippen molar-refractivity contribution in [2.75, 3.05) is 6.61 Å². The van der Waals surface area contributed by atoms with Gasteiger partial charge in [-0.1, -0.05) is 29.8 Å². The first-order valence-corrected chi connectivity index (χ1v) is 11.5. The molecule has 1 aliphatic heterocycles. The number of halogens is 2. The standard InChI is InChI=1S/C16H12ClIN3OP/c17-15-4-3-14-13-2-1-10(12-8-19-21(9-12)23-18)7-11(13)5-6-22-16(14)20-15/h1-4,7-9,23H,5-6H2. The van der Waals surface area contributed by atoms with Gasteiger partial charge in [0.25, 0.3) is 0 Å². The summed E-state index contributed by atoms with van der Waals surface area (Å²) >= 11 is 8.30. The summed E-state index contributed by atoms with van der Waals surface area (Å²) in [6.07, 6.45) is 5.45. The van der Waals surface area contributed by atoms with Crippen LogP contribution >= 0.6 is 40.0 Å². The van der Waals surface area contributed by atoms with E-state index < -0.39 is 0 Å². The van der Waals surface area contributed by atoms with E-state index in [1.807, 2.05) is 16.7 Å². The molecule has 3 heterocycles. The molecule has 1 aliphatic rings. The average Bonchev–Trinajstić information content (AvgIpc) is 2.97. The lowest BCUT2D eigenvalue weighted by molar-refractivity contribution is 0.314. The van der Waals surface area contributed by atoms with Crippen molar-refractivity contribution in [2.24, 2.45) is 0 Å². The zero-order valence-electron chi connectivity index (χ0n) is 12.0. The molecule has 4 nitrogen and oxygen atoms in total. The first-order chi connectivity index (χ1) is 11.2. The molecular formula is C16H12ClIN3OP. The topological polar surface area (TPSA) is 39.9 Å². The van der Waals surface area contributed by atoms with Gasteiger partial charge in [0, 0.05) is 23.7 Å². The number of ether oxygens (including phenoxy) is 1. The smallest absolute Gasteiger partial charge is 0.222 e. The van der Waals surface area contributed by atoms with Gasteiger partial charge in [0.1, 0.15) is 5.15 Å². The van der Waals surface area contributed by atoms with E-state index in [1.165, 1.54) is 11.1 Å². The summed E-state index contributed by atoms with van der Waals surface area (Å²) in [5.74, 6) is 0.614. The van der Waals surface area contributed by atoms with Gasteiger partial charge in [0.2, 0.25) is 5.88 Å². The molecule has 116 valence electrons. The van der Waals surface area contributed by atoms with Crippen LogP contribution in [0.15, 0.2) is 42.7 Å². The molecule has 3 aromatic rings. The van der Waals surface area contributed by atoms with Gasteiger partial charge in [-0.05, 0) is 50.9 Å². The van der Waals surface area contributed by atoms with Crippen molar-refractivity contribution in [1.82, 2.24) is 14.5 Å². The predicted molar refractivity (Wildman–Crippen MR) is 103 cm³/mol. The monoisotopic (exact) mass is 455 g/mol. The van der Waals surface area contributed by atoms with Gasteiger partial charge in [-0.25, -0.2) is 9.44 Å². The van der Waals surface area contributed by atoms with Gasteiger partial charge in [0.05, 0.1) is 19.2 Å². The largest absolute Gasteiger partial charge is 0.477 e. The molecular weight excluding hydrogens is 444 g/mol. The van der Waals surface area contributed by atoms with E-state index in [4.69, 9.17) is 16.3 Å². The fourth-order valence-corrected chi connectivity index (χ4v) is 3.97. The Bertz CT molecular complexity index is 884. The summed E-state index contributed by atoms with van der Waals surface area (Å²) in [7, 11) is 0. The number of hydrogen-bond acceptors (Lipinski definition) is 3. The van der Waals surface area contributed by atoms with Crippen molar-refractivity contribution in [3.05, 3.63) is 53.4 Å². The molecule has 7 heteroatoms. The summed E-state index contributed by atoms with van der Waals surface area (Å²) in [6, 6.07) is 10.3. The zero-order valence-corrected chi connectivity index (χ0v) is 15.9.